The minimum Gasteiger partial charge on any atom is -0.267 e. The number of rotatable bonds is 2. The van der Waals surface area contributed by atoms with E-state index in [4.69, 9.17) is 0 Å². The monoisotopic (exact) mass is 367 g/mol. The Morgan fingerprint density at radius 1 is 1.31 bits per heavy atom. The van der Waals surface area contributed by atoms with Gasteiger partial charge in [0.25, 0.3) is 5.56 Å². The number of fused-ring (bicyclic) bond motifs is 3. The number of aromatic nitrogens is 3. The summed E-state index contributed by atoms with van der Waals surface area (Å²) in [5.74, 6) is 0.658. The van der Waals surface area contributed by atoms with Gasteiger partial charge in [-0.25, -0.2) is 4.68 Å². The normalized spacial score (nSPS) is 17.5. The summed E-state index contributed by atoms with van der Waals surface area (Å²) in [6, 6.07) is 8.19. The number of aryl methyl sites for hydroxylation is 2. The van der Waals surface area contributed by atoms with Gasteiger partial charge in [0.05, 0.1) is 11.9 Å². The van der Waals surface area contributed by atoms with Crippen molar-refractivity contribution in [1.82, 2.24) is 15.0 Å². The fourth-order valence-electron chi connectivity index (χ4n) is 3.95. The van der Waals surface area contributed by atoms with E-state index in [0.717, 1.165) is 35.0 Å². The Bertz CT molecular complexity index is 1030. The van der Waals surface area contributed by atoms with Crippen molar-refractivity contribution in [2.45, 2.75) is 53.5 Å². The summed E-state index contributed by atoms with van der Waals surface area (Å²) in [6.45, 7) is 9.46. The fraction of sp³-hybridized carbons (Fsp3) is 0.476. The van der Waals surface area contributed by atoms with Gasteiger partial charge in [-0.05, 0) is 48.6 Å². The first kappa shape index (κ1) is 17.4. The first-order valence-electron chi connectivity index (χ1n) is 9.26. The van der Waals surface area contributed by atoms with Crippen LogP contribution in [0.3, 0.4) is 0 Å². The summed E-state index contributed by atoms with van der Waals surface area (Å²) in [7, 11) is 0. The Morgan fingerprint density at radius 2 is 2.12 bits per heavy atom. The van der Waals surface area contributed by atoms with Crippen LogP contribution >= 0.6 is 11.3 Å². The second-order valence-corrected chi connectivity index (χ2v) is 9.61. The van der Waals surface area contributed by atoms with E-state index < -0.39 is 0 Å². The Hall–Kier alpha value is -2.01. The van der Waals surface area contributed by atoms with E-state index in [-0.39, 0.29) is 5.56 Å². The van der Waals surface area contributed by atoms with Crippen molar-refractivity contribution in [3.8, 4) is 0 Å². The highest BCUT2D eigenvalue weighted by molar-refractivity contribution is 7.18. The van der Waals surface area contributed by atoms with Crippen molar-refractivity contribution in [3.05, 3.63) is 56.2 Å². The third kappa shape index (κ3) is 3.09. The van der Waals surface area contributed by atoms with Gasteiger partial charge in [0, 0.05) is 4.88 Å². The lowest BCUT2D eigenvalue weighted by molar-refractivity contribution is 0.218. The number of thiophene rings is 1. The molecule has 5 heteroatoms. The summed E-state index contributed by atoms with van der Waals surface area (Å²) in [4.78, 5) is 15.2. The van der Waals surface area contributed by atoms with Crippen LogP contribution in [0.25, 0.3) is 10.2 Å². The SMILES string of the molecule is Cc1cccc(Cn2nnc3sc4c(c3c2=O)CCC(C(C)(C)C)C4)c1. The van der Waals surface area contributed by atoms with Crippen LogP contribution in [0.5, 0.6) is 0 Å². The van der Waals surface area contributed by atoms with Crippen molar-refractivity contribution in [2.75, 3.05) is 0 Å². The number of nitrogens with zero attached hydrogens (tertiary/aromatic N) is 3. The van der Waals surface area contributed by atoms with Gasteiger partial charge < -0.3 is 0 Å². The lowest BCUT2D eigenvalue weighted by atomic mass is 9.72. The Kier molecular flexibility index (Phi) is 4.22. The van der Waals surface area contributed by atoms with E-state index in [9.17, 15) is 4.79 Å². The smallest absolute Gasteiger partial charge is 0.267 e. The molecule has 0 aliphatic heterocycles. The van der Waals surface area contributed by atoms with E-state index >= 15 is 0 Å². The first-order valence-corrected chi connectivity index (χ1v) is 10.1. The number of hydrogen-bond acceptors (Lipinski definition) is 4. The van der Waals surface area contributed by atoms with Gasteiger partial charge in [-0.15, -0.1) is 16.4 Å². The summed E-state index contributed by atoms with van der Waals surface area (Å²) in [5.41, 5.74) is 3.79. The summed E-state index contributed by atoms with van der Waals surface area (Å²) >= 11 is 1.66. The zero-order valence-electron chi connectivity index (χ0n) is 15.9. The van der Waals surface area contributed by atoms with E-state index in [1.54, 1.807) is 11.3 Å². The molecule has 0 saturated carbocycles. The molecule has 0 spiro atoms. The average molecular weight is 368 g/mol. The molecule has 1 aromatic carbocycles. The second-order valence-electron chi connectivity index (χ2n) is 8.53. The Balaban J connectivity index is 1.74. The molecule has 0 amide bonds. The minimum absolute atomic E-state index is 0.00298. The van der Waals surface area contributed by atoms with E-state index in [1.807, 2.05) is 12.1 Å². The standard InChI is InChI=1S/C21H25N3OS/c1-13-6-5-7-14(10-13)12-24-20(25)18-16-9-8-15(21(2,3)4)11-17(16)26-19(18)22-23-24/h5-7,10,15H,8-9,11-12H2,1-4H3. The average Bonchev–Trinajstić information content (AvgIpc) is 2.95. The molecule has 0 bridgehead atoms. The maximum Gasteiger partial charge on any atom is 0.279 e. The van der Waals surface area contributed by atoms with Crippen LogP contribution in [0.2, 0.25) is 0 Å². The molecule has 4 rings (SSSR count). The van der Waals surface area contributed by atoms with Crippen LogP contribution in [-0.2, 0) is 19.4 Å². The largest absolute Gasteiger partial charge is 0.279 e. The third-order valence-corrected chi connectivity index (χ3v) is 6.72. The highest BCUT2D eigenvalue weighted by Gasteiger charge is 2.31. The molecule has 26 heavy (non-hydrogen) atoms. The van der Waals surface area contributed by atoms with Crippen molar-refractivity contribution in [2.24, 2.45) is 11.3 Å². The van der Waals surface area contributed by atoms with E-state index in [0.29, 0.717) is 17.9 Å². The zero-order chi connectivity index (χ0) is 18.5. The molecule has 0 saturated heterocycles. The number of hydrogen-bond donors (Lipinski definition) is 0. The predicted octanol–water partition coefficient (Wildman–Crippen LogP) is 4.36. The van der Waals surface area contributed by atoms with Crippen LogP contribution in [0, 0.1) is 18.3 Å². The van der Waals surface area contributed by atoms with Crippen LogP contribution in [-0.4, -0.2) is 15.0 Å². The lowest BCUT2D eigenvalue weighted by Crippen LogP contribution is -2.28. The van der Waals surface area contributed by atoms with Crippen molar-refractivity contribution in [1.29, 1.82) is 0 Å². The molecule has 2 aromatic heterocycles. The number of benzene rings is 1. The topological polar surface area (TPSA) is 47.8 Å². The van der Waals surface area contributed by atoms with Crippen LogP contribution < -0.4 is 5.56 Å². The van der Waals surface area contributed by atoms with E-state index in [1.165, 1.54) is 20.7 Å². The van der Waals surface area contributed by atoms with Crippen LogP contribution in [0.1, 0.15) is 48.8 Å². The predicted molar refractivity (Wildman–Crippen MR) is 107 cm³/mol. The molecule has 0 N–H and O–H groups in total. The molecule has 1 atom stereocenters. The third-order valence-electron chi connectivity index (χ3n) is 5.58. The first-order chi connectivity index (χ1) is 12.3. The molecule has 0 fully saturated rings. The highest BCUT2D eigenvalue weighted by Crippen LogP contribution is 2.41. The molecule has 4 nitrogen and oxygen atoms in total. The van der Waals surface area contributed by atoms with Gasteiger partial charge in [0.15, 0.2) is 4.83 Å². The molecule has 1 aliphatic rings. The minimum atomic E-state index is 0.00298. The molecule has 1 unspecified atom stereocenters. The Labute approximate surface area is 157 Å². The molecule has 2 heterocycles. The summed E-state index contributed by atoms with van der Waals surface area (Å²) in [5, 5.41) is 9.40. The van der Waals surface area contributed by atoms with Crippen LogP contribution in [0.4, 0.5) is 0 Å². The van der Waals surface area contributed by atoms with Gasteiger partial charge in [-0.1, -0.05) is 55.8 Å². The van der Waals surface area contributed by atoms with Gasteiger partial charge in [0.1, 0.15) is 0 Å². The molecular formula is C21H25N3OS. The maximum atomic E-state index is 13.1. The van der Waals surface area contributed by atoms with Crippen molar-refractivity contribution >= 4 is 21.6 Å². The fourth-order valence-corrected chi connectivity index (χ4v) is 5.19. The quantitative estimate of drug-likeness (QED) is 0.676. The maximum absolute atomic E-state index is 13.1. The van der Waals surface area contributed by atoms with Gasteiger partial charge in [-0.2, -0.15) is 0 Å². The van der Waals surface area contributed by atoms with Gasteiger partial charge in [0.2, 0.25) is 0 Å². The highest BCUT2D eigenvalue weighted by atomic mass is 32.1. The van der Waals surface area contributed by atoms with Crippen LogP contribution in [0.15, 0.2) is 29.1 Å². The van der Waals surface area contributed by atoms with E-state index in [2.05, 4.69) is 50.1 Å². The molecular weight excluding hydrogens is 342 g/mol. The van der Waals surface area contributed by atoms with Gasteiger partial charge in [-0.3, -0.25) is 4.79 Å². The molecule has 1 aliphatic carbocycles. The molecule has 0 radical (unpaired) electrons. The Morgan fingerprint density at radius 3 is 2.85 bits per heavy atom. The molecule has 3 aromatic rings. The lowest BCUT2D eigenvalue weighted by Gasteiger charge is -2.33. The molecule has 136 valence electrons. The second kappa shape index (κ2) is 6.31. The van der Waals surface area contributed by atoms with Crippen molar-refractivity contribution < 1.29 is 0 Å². The summed E-state index contributed by atoms with van der Waals surface area (Å²) in [6.07, 6.45) is 3.17. The van der Waals surface area contributed by atoms with Gasteiger partial charge >= 0.3 is 0 Å². The summed E-state index contributed by atoms with van der Waals surface area (Å²) < 4.78 is 1.51. The van der Waals surface area contributed by atoms with Crippen molar-refractivity contribution in [3.63, 3.8) is 0 Å². The zero-order valence-corrected chi connectivity index (χ0v) is 16.7.